The summed E-state index contributed by atoms with van der Waals surface area (Å²) in [6.07, 6.45) is 1.09. The van der Waals surface area contributed by atoms with Crippen LogP contribution in [0.15, 0.2) is 52.9 Å². The van der Waals surface area contributed by atoms with Crippen LogP contribution in [0.2, 0.25) is 0 Å². The van der Waals surface area contributed by atoms with Crippen molar-refractivity contribution in [3.05, 3.63) is 60.0 Å². The number of amides is 1. The SMILES string of the molecule is Cc1nc2ccc(CCNC(=O)CCOc3ccccc3)cc2o1. The van der Waals surface area contributed by atoms with Gasteiger partial charge in [0.2, 0.25) is 5.91 Å². The standard InChI is InChI=1S/C19H20N2O3/c1-14-21-17-8-7-15(13-18(17)24-14)9-11-20-19(22)10-12-23-16-5-3-2-4-6-16/h2-8,13H,9-12H2,1H3,(H,20,22). The van der Waals surface area contributed by atoms with Crippen molar-refractivity contribution in [2.24, 2.45) is 0 Å². The number of oxazole rings is 1. The van der Waals surface area contributed by atoms with Crippen molar-refractivity contribution in [1.29, 1.82) is 0 Å². The van der Waals surface area contributed by atoms with Crippen LogP contribution in [0.4, 0.5) is 0 Å². The number of nitrogens with one attached hydrogen (secondary N) is 1. The molecule has 0 unspecified atom stereocenters. The van der Waals surface area contributed by atoms with Crippen LogP contribution >= 0.6 is 0 Å². The van der Waals surface area contributed by atoms with E-state index in [-0.39, 0.29) is 5.91 Å². The summed E-state index contributed by atoms with van der Waals surface area (Å²) in [4.78, 5) is 16.1. The topological polar surface area (TPSA) is 64.4 Å². The molecule has 3 rings (SSSR count). The number of ether oxygens (including phenoxy) is 1. The molecule has 1 amide bonds. The first-order chi connectivity index (χ1) is 11.7. The monoisotopic (exact) mass is 324 g/mol. The first-order valence-corrected chi connectivity index (χ1v) is 8.01. The number of benzene rings is 2. The molecule has 0 aliphatic carbocycles. The lowest BCUT2D eigenvalue weighted by molar-refractivity contribution is -0.121. The maximum atomic E-state index is 11.8. The van der Waals surface area contributed by atoms with E-state index >= 15 is 0 Å². The first kappa shape index (κ1) is 16.1. The normalized spacial score (nSPS) is 10.7. The highest BCUT2D eigenvalue weighted by Gasteiger charge is 2.05. The number of aromatic nitrogens is 1. The summed E-state index contributed by atoms with van der Waals surface area (Å²) in [6.45, 7) is 2.79. The molecule has 0 spiro atoms. The number of hydrogen-bond donors (Lipinski definition) is 1. The lowest BCUT2D eigenvalue weighted by Crippen LogP contribution is -2.27. The Balaban J connectivity index is 1.39. The maximum Gasteiger partial charge on any atom is 0.223 e. The Morgan fingerprint density at radius 2 is 2.04 bits per heavy atom. The van der Waals surface area contributed by atoms with Crippen LogP contribution in [0, 0.1) is 6.92 Å². The third-order valence-electron chi connectivity index (χ3n) is 3.64. The molecule has 0 saturated heterocycles. The highest BCUT2D eigenvalue weighted by Crippen LogP contribution is 2.17. The van der Waals surface area contributed by atoms with Crippen LogP contribution in [0.5, 0.6) is 5.75 Å². The number of carbonyl (C=O) groups is 1. The maximum absolute atomic E-state index is 11.8. The van der Waals surface area contributed by atoms with Gasteiger partial charge < -0.3 is 14.5 Å². The first-order valence-electron chi connectivity index (χ1n) is 8.01. The van der Waals surface area contributed by atoms with Crippen molar-refractivity contribution in [3.8, 4) is 5.75 Å². The summed E-state index contributed by atoms with van der Waals surface area (Å²) in [5, 5.41) is 2.91. The summed E-state index contributed by atoms with van der Waals surface area (Å²) in [5.74, 6) is 1.43. The van der Waals surface area contributed by atoms with Crippen molar-refractivity contribution in [2.75, 3.05) is 13.2 Å². The highest BCUT2D eigenvalue weighted by molar-refractivity contribution is 5.76. The molecule has 1 aromatic heterocycles. The molecule has 1 heterocycles. The van der Waals surface area contributed by atoms with E-state index in [0.29, 0.717) is 25.5 Å². The molecule has 1 N–H and O–H groups in total. The fourth-order valence-corrected chi connectivity index (χ4v) is 2.45. The average molecular weight is 324 g/mol. The quantitative estimate of drug-likeness (QED) is 0.724. The molecule has 24 heavy (non-hydrogen) atoms. The van der Waals surface area contributed by atoms with Gasteiger partial charge in [-0.15, -0.1) is 0 Å². The molecule has 0 fully saturated rings. The van der Waals surface area contributed by atoms with Gasteiger partial charge in [-0.05, 0) is 36.2 Å². The Bertz CT molecular complexity index is 812. The number of rotatable bonds is 7. The van der Waals surface area contributed by atoms with Crippen molar-refractivity contribution >= 4 is 17.0 Å². The number of para-hydroxylation sites is 1. The third kappa shape index (κ3) is 4.35. The second-order valence-electron chi connectivity index (χ2n) is 5.55. The Morgan fingerprint density at radius 1 is 1.21 bits per heavy atom. The number of hydrogen-bond acceptors (Lipinski definition) is 4. The zero-order chi connectivity index (χ0) is 16.8. The van der Waals surface area contributed by atoms with Crippen molar-refractivity contribution in [2.45, 2.75) is 19.8 Å². The molecule has 0 bridgehead atoms. The fraction of sp³-hybridized carbons (Fsp3) is 0.263. The van der Waals surface area contributed by atoms with E-state index in [0.717, 1.165) is 28.8 Å². The van der Waals surface area contributed by atoms with E-state index < -0.39 is 0 Å². The molecule has 0 saturated carbocycles. The largest absolute Gasteiger partial charge is 0.493 e. The van der Waals surface area contributed by atoms with Crippen LogP contribution < -0.4 is 10.1 Å². The molecule has 0 aliphatic rings. The average Bonchev–Trinajstić information content (AvgIpc) is 2.95. The van der Waals surface area contributed by atoms with Gasteiger partial charge in [-0.2, -0.15) is 0 Å². The third-order valence-corrected chi connectivity index (χ3v) is 3.64. The lowest BCUT2D eigenvalue weighted by atomic mass is 10.1. The molecule has 0 aliphatic heterocycles. The predicted octanol–water partition coefficient (Wildman–Crippen LogP) is 3.26. The van der Waals surface area contributed by atoms with Gasteiger partial charge >= 0.3 is 0 Å². The van der Waals surface area contributed by atoms with E-state index in [1.165, 1.54) is 0 Å². The Labute approximate surface area is 140 Å². The lowest BCUT2D eigenvalue weighted by Gasteiger charge is -2.07. The van der Waals surface area contributed by atoms with E-state index in [1.807, 2.05) is 55.5 Å². The van der Waals surface area contributed by atoms with Crippen LogP contribution in [-0.4, -0.2) is 24.0 Å². The molecule has 3 aromatic rings. The summed E-state index contributed by atoms with van der Waals surface area (Å²) in [7, 11) is 0. The number of carbonyl (C=O) groups excluding carboxylic acids is 1. The molecular weight excluding hydrogens is 304 g/mol. The van der Waals surface area contributed by atoms with Crippen LogP contribution in [0.25, 0.3) is 11.1 Å². The van der Waals surface area contributed by atoms with E-state index in [4.69, 9.17) is 9.15 Å². The van der Waals surface area contributed by atoms with Gasteiger partial charge in [0.05, 0.1) is 13.0 Å². The minimum Gasteiger partial charge on any atom is -0.493 e. The number of fused-ring (bicyclic) bond motifs is 1. The molecular formula is C19H20N2O3. The van der Waals surface area contributed by atoms with Gasteiger partial charge in [0.15, 0.2) is 11.5 Å². The second-order valence-corrected chi connectivity index (χ2v) is 5.55. The molecule has 5 nitrogen and oxygen atoms in total. The smallest absolute Gasteiger partial charge is 0.223 e. The van der Waals surface area contributed by atoms with Crippen molar-refractivity contribution in [1.82, 2.24) is 10.3 Å². The van der Waals surface area contributed by atoms with E-state index in [2.05, 4.69) is 10.3 Å². The Morgan fingerprint density at radius 3 is 2.88 bits per heavy atom. The van der Waals surface area contributed by atoms with Crippen LogP contribution in [-0.2, 0) is 11.2 Å². The predicted molar refractivity (Wildman–Crippen MR) is 92.0 cm³/mol. The molecule has 2 aromatic carbocycles. The Hall–Kier alpha value is -2.82. The van der Waals surface area contributed by atoms with E-state index in [9.17, 15) is 4.79 Å². The van der Waals surface area contributed by atoms with Gasteiger partial charge in [-0.25, -0.2) is 4.98 Å². The van der Waals surface area contributed by atoms with Crippen LogP contribution in [0.3, 0.4) is 0 Å². The Kier molecular flexibility index (Phi) is 5.11. The summed E-state index contributed by atoms with van der Waals surface area (Å²) >= 11 is 0. The second kappa shape index (κ2) is 7.64. The highest BCUT2D eigenvalue weighted by atomic mass is 16.5. The van der Waals surface area contributed by atoms with E-state index in [1.54, 1.807) is 0 Å². The molecule has 0 atom stereocenters. The van der Waals surface area contributed by atoms with Crippen molar-refractivity contribution in [3.63, 3.8) is 0 Å². The van der Waals surface area contributed by atoms with Crippen molar-refractivity contribution < 1.29 is 13.9 Å². The molecule has 5 heteroatoms. The summed E-state index contributed by atoms with van der Waals surface area (Å²) in [5.41, 5.74) is 2.76. The van der Waals surface area contributed by atoms with Gasteiger partial charge in [0, 0.05) is 13.5 Å². The summed E-state index contributed by atoms with van der Waals surface area (Å²) < 4.78 is 11.0. The molecule has 124 valence electrons. The number of aryl methyl sites for hydroxylation is 1. The fourth-order valence-electron chi connectivity index (χ4n) is 2.45. The molecule has 0 radical (unpaired) electrons. The van der Waals surface area contributed by atoms with Gasteiger partial charge in [-0.3, -0.25) is 4.79 Å². The minimum atomic E-state index is -0.0116. The van der Waals surface area contributed by atoms with Gasteiger partial charge in [-0.1, -0.05) is 24.3 Å². The number of nitrogens with zero attached hydrogens (tertiary/aromatic N) is 1. The van der Waals surface area contributed by atoms with Gasteiger partial charge in [0.1, 0.15) is 11.3 Å². The zero-order valence-electron chi connectivity index (χ0n) is 13.6. The van der Waals surface area contributed by atoms with Crippen LogP contribution in [0.1, 0.15) is 17.9 Å². The summed E-state index contributed by atoms with van der Waals surface area (Å²) in [6, 6.07) is 15.4. The zero-order valence-corrected chi connectivity index (χ0v) is 13.6. The minimum absolute atomic E-state index is 0.0116. The van der Waals surface area contributed by atoms with Gasteiger partial charge in [0.25, 0.3) is 0 Å².